The zero-order valence-corrected chi connectivity index (χ0v) is 19.5. The number of benzene rings is 3. The molecule has 3 aromatic carbocycles. The van der Waals surface area contributed by atoms with Gasteiger partial charge in [0.05, 0.1) is 32.4 Å². The molecule has 0 fully saturated rings. The van der Waals surface area contributed by atoms with Crippen LogP contribution in [0.15, 0.2) is 64.5 Å². The summed E-state index contributed by atoms with van der Waals surface area (Å²) in [6.07, 6.45) is 0. The fourth-order valence-corrected chi connectivity index (χ4v) is 4.50. The SMILES string of the molecule is COc1cc2c(=O)n(-c3ccccc3F)c(SCc3ccc(C)cc3)nc2c(OC)c1OC. The van der Waals surface area contributed by atoms with Crippen molar-refractivity contribution in [3.05, 3.63) is 81.9 Å². The van der Waals surface area contributed by atoms with Gasteiger partial charge in [-0.3, -0.25) is 9.36 Å². The average molecular weight is 467 g/mol. The van der Waals surface area contributed by atoms with Crippen LogP contribution in [0.3, 0.4) is 0 Å². The monoisotopic (exact) mass is 466 g/mol. The van der Waals surface area contributed by atoms with E-state index in [-0.39, 0.29) is 16.8 Å². The summed E-state index contributed by atoms with van der Waals surface area (Å²) in [7, 11) is 4.43. The summed E-state index contributed by atoms with van der Waals surface area (Å²) < 4.78 is 32.5. The first-order valence-corrected chi connectivity index (χ1v) is 11.2. The Morgan fingerprint density at radius 3 is 2.30 bits per heavy atom. The first-order chi connectivity index (χ1) is 16.0. The molecule has 0 atom stereocenters. The maximum absolute atomic E-state index is 14.8. The molecule has 0 unspecified atom stereocenters. The third-order valence-electron chi connectivity index (χ3n) is 5.22. The molecule has 0 aliphatic carbocycles. The summed E-state index contributed by atoms with van der Waals surface area (Å²) in [4.78, 5) is 18.4. The number of methoxy groups -OCH3 is 3. The van der Waals surface area contributed by atoms with E-state index < -0.39 is 11.4 Å². The number of fused-ring (bicyclic) bond motifs is 1. The van der Waals surface area contributed by atoms with Crippen LogP contribution in [-0.2, 0) is 5.75 Å². The van der Waals surface area contributed by atoms with E-state index in [2.05, 4.69) is 0 Å². The molecule has 0 aliphatic heterocycles. The molecule has 0 bridgehead atoms. The van der Waals surface area contributed by atoms with E-state index >= 15 is 0 Å². The van der Waals surface area contributed by atoms with Gasteiger partial charge in [0.2, 0.25) is 5.75 Å². The van der Waals surface area contributed by atoms with Crippen molar-refractivity contribution in [1.29, 1.82) is 0 Å². The Labute approximate surface area is 194 Å². The average Bonchev–Trinajstić information content (AvgIpc) is 2.83. The number of hydrogen-bond acceptors (Lipinski definition) is 6. The lowest BCUT2D eigenvalue weighted by Crippen LogP contribution is -2.23. The molecular weight excluding hydrogens is 443 g/mol. The van der Waals surface area contributed by atoms with Crippen LogP contribution >= 0.6 is 11.8 Å². The third kappa shape index (κ3) is 4.26. The van der Waals surface area contributed by atoms with Gasteiger partial charge in [-0.25, -0.2) is 9.37 Å². The van der Waals surface area contributed by atoms with Gasteiger partial charge in [0.25, 0.3) is 5.56 Å². The number of nitrogens with zero attached hydrogens (tertiary/aromatic N) is 2. The van der Waals surface area contributed by atoms with Gasteiger partial charge in [0, 0.05) is 5.75 Å². The first kappa shape index (κ1) is 22.7. The van der Waals surface area contributed by atoms with E-state index in [1.165, 1.54) is 49.8 Å². The van der Waals surface area contributed by atoms with E-state index in [4.69, 9.17) is 19.2 Å². The first-order valence-electron chi connectivity index (χ1n) is 10.2. The van der Waals surface area contributed by atoms with E-state index in [0.29, 0.717) is 27.9 Å². The highest BCUT2D eigenvalue weighted by Gasteiger charge is 2.23. The van der Waals surface area contributed by atoms with E-state index in [1.807, 2.05) is 31.2 Å². The zero-order valence-electron chi connectivity index (χ0n) is 18.7. The van der Waals surface area contributed by atoms with Crippen LogP contribution in [0.5, 0.6) is 17.2 Å². The number of rotatable bonds is 7. The molecule has 6 nitrogen and oxygen atoms in total. The molecule has 0 aliphatic rings. The molecular formula is C25H23FN2O4S. The molecule has 1 heterocycles. The second kappa shape index (κ2) is 9.54. The van der Waals surface area contributed by atoms with Crippen LogP contribution in [-0.4, -0.2) is 30.9 Å². The Balaban J connectivity index is 1.98. The Hall–Kier alpha value is -3.52. The summed E-state index contributed by atoms with van der Waals surface area (Å²) in [5.41, 5.74) is 2.22. The van der Waals surface area contributed by atoms with Crippen molar-refractivity contribution in [2.75, 3.05) is 21.3 Å². The number of aryl methyl sites for hydroxylation is 1. The van der Waals surface area contributed by atoms with Crippen molar-refractivity contribution < 1.29 is 18.6 Å². The van der Waals surface area contributed by atoms with Gasteiger partial charge >= 0.3 is 0 Å². The van der Waals surface area contributed by atoms with Crippen molar-refractivity contribution in [2.24, 2.45) is 0 Å². The zero-order chi connectivity index (χ0) is 23.5. The van der Waals surface area contributed by atoms with Crippen molar-refractivity contribution in [1.82, 2.24) is 9.55 Å². The predicted octanol–water partition coefficient (Wildman–Crippen LogP) is 5.15. The normalized spacial score (nSPS) is 10.9. The quantitative estimate of drug-likeness (QED) is 0.277. The lowest BCUT2D eigenvalue weighted by atomic mass is 10.2. The summed E-state index contributed by atoms with van der Waals surface area (Å²) in [5.74, 6) is 0.952. The lowest BCUT2D eigenvalue weighted by Gasteiger charge is -2.17. The molecule has 8 heteroatoms. The molecule has 1 aromatic heterocycles. The summed E-state index contributed by atoms with van der Waals surface area (Å²) >= 11 is 1.34. The molecule has 0 radical (unpaired) electrons. The minimum atomic E-state index is -0.523. The van der Waals surface area contributed by atoms with Crippen molar-refractivity contribution >= 4 is 22.7 Å². The maximum atomic E-state index is 14.8. The molecule has 0 spiro atoms. The van der Waals surface area contributed by atoms with E-state index in [1.54, 1.807) is 18.2 Å². The third-order valence-corrected chi connectivity index (χ3v) is 6.23. The molecule has 0 saturated heterocycles. The molecule has 0 N–H and O–H groups in total. The fourth-order valence-electron chi connectivity index (χ4n) is 3.54. The van der Waals surface area contributed by atoms with E-state index in [9.17, 15) is 9.18 Å². The number of thioether (sulfide) groups is 1. The Morgan fingerprint density at radius 1 is 0.970 bits per heavy atom. The Morgan fingerprint density at radius 2 is 1.67 bits per heavy atom. The molecule has 0 saturated carbocycles. The molecule has 0 amide bonds. The number of para-hydroxylation sites is 1. The predicted molar refractivity (Wildman–Crippen MR) is 128 cm³/mol. The highest BCUT2D eigenvalue weighted by atomic mass is 32.2. The Bertz CT molecular complexity index is 1370. The van der Waals surface area contributed by atoms with E-state index in [0.717, 1.165) is 11.1 Å². The minimum absolute atomic E-state index is 0.122. The standard InChI is InChI=1S/C25H23FN2O4S/c1-15-9-11-16(12-10-15)14-33-25-27-21-17(13-20(30-2)22(31-3)23(21)32-4)24(29)28(25)19-8-6-5-7-18(19)26/h5-13H,14H2,1-4H3. The second-order valence-corrected chi connectivity index (χ2v) is 8.24. The minimum Gasteiger partial charge on any atom is -0.493 e. The smallest absolute Gasteiger partial charge is 0.267 e. The van der Waals surface area contributed by atoms with Gasteiger partial charge in [0.15, 0.2) is 16.7 Å². The largest absolute Gasteiger partial charge is 0.493 e. The molecule has 170 valence electrons. The van der Waals surface area contributed by atoms with Crippen LogP contribution in [0.25, 0.3) is 16.6 Å². The molecule has 4 rings (SSSR count). The molecule has 33 heavy (non-hydrogen) atoms. The number of halogens is 1. The van der Waals surface area contributed by atoms with Crippen molar-refractivity contribution in [3.8, 4) is 22.9 Å². The van der Waals surface area contributed by atoms with Gasteiger partial charge in [-0.1, -0.05) is 53.7 Å². The summed E-state index contributed by atoms with van der Waals surface area (Å²) in [5, 5.41) is 0.566. The van der Waals surface area contributed by atoms with Crippen LogP contribution in [0.1, 0.15) is 11.1 Å². The van der Waals surface area contributed by atoms with Crippen molar-refractivity contribution in [3.63, 3.8) is 0 Å². The van der Waals surface area contributed by atoms with Gasteiger partial charge < -0.3 is 14.2 Å². The van der Waals surface area contributed by atoms with Gasteiger partial charge in [0.1, 0.15) is 11.3 Å². The highest BCUT2D eigenvalue weighted by molar-refractivity contribution is 7.98. The Kier molecular flexibility index (Phi) is 6.55. The van der Waals surface area contributed by atoms with Crippen LogP contribution in [0.2, 0.25) is 0 Å². The summed E-state index contributed by atoms with van der Waals surface area (Å²) in [6, 6.07) is 15.7. The van der Waals surface area contributed by atoms with Gasteiger partial charge in [-0.15, -0.1) is 0 Å². The number of aromatic nitrogens is 2. The maximum Gasteiger partial charge on any atom is 0.267 e. The lowest BCUT2D eigenvalue weighted by molar-refractivity contribution is 0.326. The van der Waals surface area contributed by atoms with Crippen molar-refractivity contribution in [2.45, 2.75) is 17.8 Å². The number of hydrogen-bond donors (Lipinski definition) is 0. The van der Waals surface area contributed by atoms with Crippen LogP contribution in [0, 0.1) is 12.7 Å². The molecule has 4 aromatic rings. The highest BCUT2D eigenvalue weighted by Crippen LogP contribution is 2.42. The fraction of sp³-hybridized carbons (Fsp3) is 0.200. The van der Waals surface area contributed by atoms with Gasteiger partial charge in [-0.2, -0.15) is 0 Å². The second-order valence-electron chi connectivity index (χ2n) is 7.30. The topological polar surface area (TPSA) is 62.6 Å². The van der Waals surface area contributed by atoms with Crippen LogP contribution in [0.4, 0.5) is 4.39 Å². The summed E-state index contributed by atoms with van der Waals surface area (Å²) in [6.45, 7) is 2.02. The van der Waals surface area contributed by atoms with Gasteiger partial charge in [-0.05, 0) is 30.7 Å². The van der Waals surface area contributed by atoms with Crippen LogP contribution < -0.4 is 19.8 Å². The number of ether oxygens (including phenoxy) is 3.